The Bertz CT molecular complexity index is 274. The van der Waals surface area contributed by atoms with Gasteiger partial charge in [-0.3, -0.25) is 4.98 Å². The van der Waals surface area contributed by atoms with Gasteiger partial charge in [-0.15, -0.1) is 0 Å². The number of rotatable bonds is 4. The van der Waals surface area contributed by atoms with E-state index in [2.05, 4.69) is 45.2 Å². The first-order chi connectivity index (χ1) is 6.29. The summed E-state index contributed by atoms with van der Waals surface area (Å²) in [4.78, 5) is 4.38. The summed E-state index contributed by atoms with van der Waals surface area (Å²) in [6.07, 6.45) is 5.39. The Hall–Kier alpha value is -0.320. The van der Waals surface area contributed by atoms with Gasteiger partial charge in [-0.05, 0) is 31.4 Å². The smallest absolute Gasteiger partial charge is 0.0675 e. The fourth-order valence-electron chi connectivity index (χ4n) is 1.28. The van der Waals surface area contributed by atoms with E-state index in [9.17, 15) is 0 Å². The number of hydrogen-bond donors (Lipinski definition) is 1. The summed E-state index contributed by atoms with van der Waals surface area (Å²) < 4.78 is 3.18. The molecule has 0 aromatic carbocycles. The van der Waals surface area contributed by atoms with Crippen LogP contribution in [0.25, 0.3) is 0 Å². The molecule has 0 fully saturated rings. The number of nitrogens with one attached hydrogen (secondary N) is 1. The van der Waals surface area contributed by atoms with Crippen molar-refractivity contribution in [3.05, 3.63) is 23.5 Å². The third-order valence-corrected chi connectivity index (χ3v) is 2.64. The largest absolute Gasteiger partial charge is 0.327 e. The molecule has 1 aromatic heterocycles. The summed E-state index contributed by atoms with van der Waals surface area (Å²) in [7, 11) is 0. The van der Waals surface area contributed by atoms with Gasteiger partial charge in [-0.2, -0.15) is 0 Å². The average Bonchev–Trinajstić information content (AvgIpc) is 2.15. The van der Waals surface area contributed by atoms with Crippen LogP contribution in [0.15, 0.2) is 12.3 Å². The zero-order chi connectivity index (χ0) is 9.68. The van der Waals surface area contributed by atoms with Gasteiger partial charge < -0.3 is 3.53 Å². The van der Waals surface area contributed by atoms with Crippen LogP contribution in [-0.2, 0) is 6.42 Å². The minimum Gasteiger partial charge on any atom is -0.327 e. The van der Waals surface area contributed by atoms with Crippen LogP contribution in [0, 0.1) is 6.92 Å². The zero-order valence-electron chi connectivity index (χ0n) is 8.10. The van der Waals surface area contributed by atoms with E-state index in [1.165, 1.54) is 29.8 Å². The SMILES string of the molecule is CCCCc1nccc(C)c1NI. The summed E-state index contributed by atoms with van der Waals surface area (Å²) in [5.41, 5.74) is 3.66. The molecule has 1 rings (SSSR count). The molecule has 0 aliphatic rings. The van der Waals surface area contributed by atoms with E-state index in [0.717, 1.165) is 6.42 Å². The Morgan fingerprint density at radius 3 is 2.92 bits per heavy atom. The van der Waals surface area contributed by atoms with Gasteiger partial charge >= 0.3 is 0 Å². The number of pyridine rings is 1. The average molecular weight is 290 g/mol. The monoisotopic (exact) mass is 290 g/mol. The lowest BCUT2D eigenvalue weighted by atomic mass is 10.1. The van der Waals surface area contributed by atoms with Crippen molar-refractivity contribution in [1.29, 1.82) is 0 Å². The Morgan fingerprint density at radius 1 is 1.54 bits per heavy atom. The van der Waals surface area contributed by atoms with E-state index < -0.39 is 0 Å². The fraction of sp³-hybridized carbons (Fsp3) is 0.500. The van der Waals surface area contributed by atoms with Crippen LogP contribution in [0.3, 0.4) is 0 Å². The lowest BCUT2D eigenvalue weighted by Crippen LogP contribution is -1.97. The molecule has 0 unspecified atom stereocenters. The lowest BCUT2D eigenvalue weighted by Gasteiger charge is -2.08. The topological polar surface area (TPSA) is 24.9 Å². The zero-order valence-corrected chi connectivity index (χ0v) is 10.3. The molecular formula is C10H15IN2. The Labute approximate surface area is 93.6 Å². The molecule has 0 bridgehead atoms. The second-order valence-electron chi connectivity index (χ2n) is 3.15. The maximum Gasteiger partial charge on any atom is 0.0675 e. The number of nitrogens with zero attached hydrogens (tertiary/aromatic N) is 1. The first-order valence-electron chi connectivity index (χ1n) is 4.60. The standard InChI is InChI=1S/C10H15IN2/c1-3-4-5-9-10(13-11)8(2)6-7-12-9/h6-7,13H,3-5H2,1-2H3. The van der Waals surface area contributed by atoms with E-state index in [1.54, 1.807) is 0 Å². The highest BCUT2D eigenvalue weighted by atomic mass is 127. The molecule has 0 amide bonds. The summed E-state index contributed by atoms with van der Waals surface area (Å²) in [6.45, 7) is 4.31. The summed E-state index contributed by atoms with van der Waals surface area (Å²) in [5.74, 6) is 0. The predicted octanol–water partition coefficient (Wildman–Crippen LogP) is 3.49. The molecule has 1 heterocycles. The van der Waals surface area contributed by atoms with Crippen molar-refractivity contribution in [3.63, 3.8) is 0 Å². The fourth-order valence-corrected chi connectivity index (χ4v) is 2.01. The molecule has 0 spiro atoms. The van der Waals surface area contributed by atoms with Crippen LogP contribution in [0.4, 0.5) is 5.69 Å². The van der Waals surface area contributed by atoms with Crippen LogP contribution in [-0.4, -0.2) is 4.98 Å². The molecule has 1 N–H and O–H groups in total. The minimum atomic E-state index is 1.07. The second kappa shape index (κ2) is 5.42. The van der Waals surface area contributed by atoms with Crippen molar-refractivity contribution in [2.75, 3.05) is 3.53 Å². The molecule has 0 saturated carbocycles. The van der Waals surface area contributed by atoms with Crippen molar-refractivity contribution in [2.24, 2.45) is 0 Å². The van der Waals surface area contributed by atoms with Crippen molar-refractivity contribution in [2.45, 2.75) is 33.1 Å². The van der Waals surface area contributed by atoms with Gasteiger partial charge in [0.15, 0.2) is 0 Å². The Balaban J connectivity index is 2.85. The van der Waals surface area contributed by atoms with Crippen molar-refractivity contribution < 1.29 is 0 Å². The molecule has 0 aliphatic carbocycles. The number of aromatic nitrogens is 1. The number of unbranched alkanes of at least 4 members (excludes halogenated alkanes) is 1. The van der Waals surface area contributed by atoms with Gasteiger partial charge in [0.05, 0.1) is 34.2 Å². The van der Waals surface area contributed by atoms with E-state index in [0.29, 0.717) is 0 Å². The predicted molar refractivity (Wildman–Crippen MR) is 65.2 cm³/mol. The number of hydrogen-bond acceptors (Lipinski definition) is 2. The molecule has 0 aliphatic heterocycles. The minimum absolute atomic E-state index is 1.07. The number of anilines is 1. The second-order valence-corrected chi connectivity index (χ2v) is 3.69. The molecule has 0 saturated heterocycles. The summed E-state index contributed by atoms with van der Waals surface area (Å²) in [5, 5.41) is 0. The quantitative estimate of drug-likeness (QED) is 0.678. The maximum atomic E-state index is 4.38. The third kappa shape index (κ3) is 2.83. The van der Waals surface area contributed by atoms with Crippen LogP contribution in [0.5, 0.6) is 0 Å². The summed E-state index contributed by atoms with van der Waals surface area (Å²) in [6, 6.07) is 2.04. The molecule has 0 atom stereocenters. The van der Waals surface area contributed by atoms with E-state index in [4.69, 9.17) is 0 Å². The van der Waals surface area contributed by atoms with Gasteiger partial charge in [-0.25, -0.2) is 0 Å². The number of aryl methyl sites for hydroxylation is 2. The molecule has 2 nitrogen and oxygen atoms in total. The third-order valence-electron chi connectivity index (χ3n) is 2.10. The molecule has 72 valence electrons. The first kappa shape index (κ1) is 10.8. The molecule has 3 heteroatoms. The lowest BCUT2D eigenvalue weighted by molar-refractivity contribution is 0.778. The number of halogens is 1. The van der Waals surface area contributed by atoms with E-state index in [1.807, 2.05) is 12.3 Å². The highest BCUT2D eigenvalue weighted by Gasteiger charge is 2.04. The van der Waals surface area contributed by atoms with Crippen molar-refractivity contribution >= 4 is 28.6 Å². The summed E-state index contributed by atoms with van der Waals surface area (Å²) >= 11 is 2.17. The van der Waals surface area contributed by atoms with Gasteiger partial charge in [-0.1, -0.05) is 13.3 Å². The van der Waals surface area contributed by atoms with Crippen LogP contribution in [0.1, 0.15) is 31.0 Å². The molecule has 0 radical (unpaired) electrons. The Kier molecular flexibility index (Phi) is 4.48. The van der Waals surface area contributed by atoms with Crippen molar-refractivity contribution in [3.8, 4) is 0 Å². The van der Waals surface area contributed by atoms with Crippen molar-refractivity contribution in [1.82, 2.24) is 4.98 Å². The molecular weight excluding hydrogens is 275 g/mol. The molecule has 13 heavy (non-hydrogen) atoms. The van der Waals surface area contributed by atoms with Gasteiger partial charge in [0, 0.05) is 6.20 Å². The Morgan fingerprint density at radius 2 is 2.31 bits per heavy atom. The van der Waals surface area contributed by atoms with E-state index in [-0.39, 0.29) is 0 Å². The maximum absolute atomic E-state index is 4.38. The van der Waals surface area contributed by atoms with Gasteiger partial charge in [0.2, 0.25) is 0 Å². The normalized spacial score (nSPS) is 10.1. The van der Waals surface area contributed by atoms with Crippen LogP contribution in [0.2, 0.25) is 0 Å². The van der Waals surface area contributed by atoms with Gasteiger partial charge in [0.1, 0.15) is 0 Å². The molecule has 1 aromatic rings. The van der Waals surface area contributed by atoms with E-state index >= 15 is 0 Å². The van der Waals surface area contributed by atoms with Gasteiger partial charge in [0.25, 0.3) is 0 Å². The van der Waals surface area contributed by atoms with Crippen LogP contribution < -0.4 is 3.53 Å². The highest BCUT2D eigenvalue weighted by Crippen LogP contribution is 2.21. The van der Waals surface area contributed by atoms with Crippen LogP contribution >= 0.6 is 22.9 Å². The highest BCUT2D eigenvalue weighted by molar-refractivity contribution is 14.1. The first-order valence-corrected chi connectivity index (χ1v) is 5.68.